The van der Waals surface area contributed by atoms with Gasteiger partial charge in [-0.1, -0.05) is 51.9 Å². The molecule has 1 heterocycles. The van der Waals surface area contributed by atoms with Gasteiger partial charge in [-0.25, -0.2) is 0 Å². The summed E-state index contributed by atoms with van der Waals surface area (Å²) in [6.07, 6.45) is 13.5. The molecule has 0 aliphatic carbocycles. The largest absolute Gasteiger partial charge is 0.505 e. The van der Waals surface area contributed by atoms with Crippen LogP contribution >= 0.6 is 0 Å². The predicted molar refractivity (Wildman–Crippen MR) is 91.6 cm³/mol. The molecule has 2 N–H and O–H groups in total. The van der Waals surface area contributed by atoms with E-state index in [1.54, 1.807) is 19.3 Å². The van der Waals surface area contributed by atoms with Crippen LogP contribution in [0.4, 0.5) is 0 Å². The molecule has 124 valence electrons. The van der Waals surface area contributed by atoms with Crippen LogP contribution in [-0.2, 0) is 6.61 Å². The molecule has 4 heteroatoms. The minimum atomic E-state index is -0.139. The molecule has 0 spiro atoms. The van der Waals surface area contributed by atoms with Gasteiger partial charge in [-0.05, 0) is 13.3 Å². The maximum Gasteiger partial charge on any atom is 0.145 e. The molecule has 0 aromatic carbocycles. The molecule has 0 aliphatic rings. The standard InChI is InChI=1S/C18H30N2O2/c1-3-4-5-6-7-8-9-10-11-19-13-17-16(14-21)12-20-15(2)18(17)22/h12-13,21-22H,3-11,14H2,1-2H3. The van der Waals surface area contributed by atoms with Crippen molar-refractivity contribution in [3.05, 3.63) is 23.0 Å². The number of unbranched alkanes of at least 4 members (excludes halogenated alkanes) is 7. The molecule has 4 nitrogen and oxygen atoms in total. The molecule has 0 amide bonds. The monoisotopic (exact) mass is 306 g/mol. The Kier molecular flexibility index (Phi) is 9.47. The highest BCUT2D eigenvalue weighted by Crippen LogP contribution is 2.21. The summed E-state index contributed by atoms with van der Waals surface area (Å²) in [5.41, 5.74) is 1.77. The zero-order valence-corrected chi connectivity index (χ0v) is 14.0. The second-order valence-electron chi connectivity index (χ2n) is 5.80. The van der Waals surface area contributed by atoms with E-state index in [4.69, 9.17) is 0 Å². The second-order valence-corrected chi connectivity index (χ2v) is 5.80. The Hall–Kier alpha value is -1.42. The smallest absolute Gasteiger partial charge is 0.145 e. The molecule has 1 aromatic rings. The van der Waals surface area contributed by atoms with Crippen molar-refractivity contribution in [3.63, 3.8) is 0 Å². The number of pyridine rings is 1. The van der Waals surface area contributed by atoms with E-state index < -0.39 is 0 Å². The van der Waals surface area contributed by atoms with E-state index in [0.29, 0.717) is 16.8 Å². The fraction of sp³-hybridized carbons (Fsp3) is 0.667. The van der Waals surface area contributed by atoms with Crippen molar-refractivity contribution in [2.24, 2.45) is 4.99 Å². The summed E-state index contributed by atoms with van der Waals surface area (Å²) in [5.74, 6) is 0.117. The number of hydrogen-bond donors (Lipinski definition) is 2. The molecule has 0 atom stereocenters. The van der Waals surface area contributed by atoms with Crippen molar-refractivity contribution in [2.75, 3.05) is 6.54 Å². The van der Waals surface area contributed by atoms with Gasteiger partial charge in [-0.2, -0.15) is 0 Å². The van der Waals surface area contributed by atoms with E-state index >= 15 is 0 Å². The van der Waals surface area contributed by atoms with Crippen LogP contribution in [0.3, 0.4) is 0 Å². The summed E-state index contributed by atoms with van der Waals surface area (Å²) < 4.78 is 0. The number of aliphatic hydroxyl groups is 1. The lowest BCUT2D eigenvalue weighted by Gasteiger charge is -2.07. The Morgan fingerprint density at radius 3 is 2.36 bits per heavy atom. The molecule has 0 unspecified atom stereocenters. The van der Waals surface area contributed by atoms with Gasteiger partial charge in [-0.15, -0.1) is 0 Å². The van der Waals surface area contributed by atoms with E-state index in [0.717, 1.165) is 13.0 Å². The summed E-state index contributed by atoms with van der Waals surface area (Å²) >= 11 is 0. The fourth-order valence-electron chi connectivity index (χ4n) is 2.42. The van der Waals surface area contributed by atoms with Crippen molar-refractivity contribution < 1.29 is 10.2 Å². The molecule has 0 saturated carbocycles. The van der Waals surface area contributed by atoms with Crippen molar-refractivity contribution in [2.45, 2.75) is 71.8 Å². The molecule has 0 radical (unpaired) electrons. The topological polar surface area (TPSA) is 65.7 Å². The maximum atomic E-state index is 9.99. The molecule has 22 heavy (non-hydrogen) atoms. The highest BCUT2D eigenvalue weighted by molar-refractivity contribution is 5.85. The number of aryl methyl sites for hydroxylation is 1. The highest BCUT2D eigenvalue weighted by Gasteiger charge is 2.08. The number of rotatable bonds is 11. The summed E-state index contributed by atoms with van der Waals surface area (Å²) in [7, 11) is 0. The first-order valence-electron chi connectivity index (χ1n) is 8.48. The Labute approximate surface area is 134 Å². The van der Waals surface area contributed by atoms with Crippen LogP contribution in [0.25, 0.3) is 0 Å². The van der Waals surface area contributed by atoms with Gasteiger partial charge in [0, 0.05) is 30.1 Å². The molecule has 0 aliphatic heterocycles. The Bertz CT molecular complexity index is 459. The highest BCUT2D eigenvalue weighted by atomic mass is 16.3. The first kappa shape index (κ1) is 18.6. The molecule has 0 fully saturated rings. The van der Waals surface area contributed by atoms with Crippen molar-refractivity contribution in [1.29, 1.82) is 0 Å². The van der Waals surface area contributed by atoms with Crippen LogP contribution in [0.1, 0.15) is 75.1 Å². The lowest BCUT2D eigenvalue weighted by atomic mass is 10.1. The maximum absolute atomic E-state index is 9.99. The third-order valence-electron chi connectivity index (χ3n) is 3.89. The Balaban J connectivity index is 2.28. The minimum Gasteiger partial charge on any atom is -0.505 e. The van der Waals surface area contributed by atoms with Crippen molar-refractivity contribution >= 4 is 6.21 Å². The zero-order chi connectivity index (χ0) is 16.2. The Morgan fingerprint density at radius 2 is 1.73 bits per heavy atom. The molecular weight excluding hydrogens is 276 g/mol. The van der Waals surface area contributed by atoms with Crippen LogP contribution in [0.2, 0.25) is 0 Å². The normalized spacial score (nSPS) is 11.4. The van der Waals surface area contributed by atoms with E-state index in [2.05, 4.69) is 16.9 Å². The average Bonchev–Trinajstić information content (AvgIpc) is 2.53. The predicted octanol–water partition coefficient (Wildman–Crippen LogP) is 4.15. The number of aromatic nitrogens is 1. The van der Waals surface area contributed by atoms with Crippen LogP contribution in [0, 0.1) is 6.92 Å². The van der Waals surface area contributed by atoms with E-state index in [1.165, 1.54) is 44.9 Å². The van der Waals surface area contributed by atoms with Gasteiger partial charge < -0.3 is 10.2 Å². The number of aromatic hydroxyl groups is 1. The van der Waals surface area contributed by atoms with E-state index in [1.807, 2.05) is 0 Å². The molecular formula is C18H30N2O2. The van der Waals surface area contributed by atoms with Crippen LogP contribution in [0.15, 0.2) is 11.2 Å². The lowest BCUT2D eigenvalue weighted by molar-refractivity contribution is 0.280. The minimum absolute atomic E-state index is 0.117. The summed E-state index contributed by atoms with van der Waals surface area (Å²) in [6.45, 7) is 4.61. The molecule has 1 rings (SSSR count). The Morgan fingerprint density at radius 1 is 1.09 bits per heavy atom. The van der Waals surface area contributed by atoms with Gasteiger partial charge in [-0.3, -0.25) is 9.98 Å². The van der Waals surface area contributed by atoms with E-state index in [9.17, 15) is 10.2 Å². The molecule has 1 aromatic heterocycles. The number of nitrogens with zero attached hydrogens (tertiary/aromatic N) is 2. The van der Waals surface area contributed by atoms with E-state index in [-0.39, 0.29) is 12.4 Å². The van der Waals surface area contributed by atoms with Gasteiger partial charge in [0.1, 0.15) is 5.75 Å². The van der Waals surface area contributed by atoms with Crippen LogP contribution in [0.5, 0.6) is 5.75 Å². The van der Waals surface area contributed by atoms with Gasteiger partial charge in [0.05, 0.1) is 12.3 Å². The zero-order valence-electron chi connectivity index (χ0n) is 14.0. The summed E-state index contributed by atoms with van der Waals surface area (Å²) in [6, 6.07) is 0. The van der Waals surface area contributed by atoms with Gasteiger partial charge >= 0.3 is 0 Å². The van der Waals surface area contributed by atoms with Crippen LogP contribution in [-0.4, -0.2) is 28.0 Å². The summed E-state index contributed by atoms with van der Waals surface area (Å²) in [4.78, 5) is 8.41. The third-order valence-corrected chi connectivity index (χ3v) is 3.89. The summed E-state index contributed by atoms with van der Waals surface area (Å²) in [5, 5.41) is 19.3. The van der Waals surface area contributed by atoms with Gasteiger partial charge in [0.25, 0.3) is 0 Å². The fourth-order valence-corrected chi connectivity index (χ4v) is 2.42. The molecule has 0 bridgehead atoms. The average molecular weight is 306 g/mol. The SMILES string of the molecule is CCCCCCCCCCN=Cc1c(CO)cnc(C)c1O. The first-order valence-corrected chi connectivity index (χ1v) is 8.48. The van der Waals surface area contributed by atoms with Crippen molar-refractivity contribution in [1.82, 2.24) is 4.98 Å². The van der Waals surface area contributed by atoms with Crippen LogP contribution < -0.4 is 0 Å². The van der Waals surface area contributed by atoms with Gasteiger partial charge in [0.15, 0.2) is 0 Å². The first-order chi connectivity index (χ1) is 10.7. The number of aliphatic hydroxyl groups excluding tert-OH is 1. The lowest BCUT2D eigenvalue weighted by Crippen LogP contribution is -1.98. The third kappa shape index (κ3) is 6.56. The number of aliphatic imine (C=N–C) groups is 1. The van der Waals surface area contributed by atoms with Crippen molar-refractivity contribution in [3.8, 4) is 5.75 Å². The second kappa shape index (κ2) is 11.2. The molecule has 0 saturated heterocycles. The quantitative estimate of drug-likeness (QED) is 0.477. The van der Waals surface area contributed by atoms with Gasteiger partial charge in [0.2, 0.25) is 0 Å². The number of hydrogen-bond acceptors (Lipinski definition) is 4.